The first-order valence-corrected chi connectivity index (χ1v) is 19.5. The smallest absolute Gasteiger partial charge is 0.434 e. The number of carbonyl (C=O) groups excluding carboxylic acids is 2. The lowest BCUT2D eigenvalue weighted by Gasteiger charge is -2.35. The minimum absolute atomic E-state index is 0.276. The second-order valence-electron chi connectivity index (χ2n) is 13.7. The van der Waals surface area contributed by atoms with Crippen molar-refractivity contribution >= 4 is 46.7 Å². The van der Waals surface area contributed by atoms with Crippen LogP contribution in [0.3, 0.4) is 0 Å². The number of aliphatic imine (C=N–C) groups is 1. The summed E-state index contributed by atoms with van der Waals surface area (Å²) in [6.07, 6.45) is 17.8. The predicted octanol–water partition coefficient (Wildman–Crippen LogP) is 11.0. The van der Waals surface area contributed by atoms with Gasteiger partial charge in [0.05, 0.1) is 23.7 Å². The molecule has 0 saturated carbocycles. The highest BCUT2D eigenvalue weighted by Gasteiger charge is 2.32. The molecule has 1 fully saturated rings. The van der Waals surface area contributed by atoms with E-state index in [1.54, 1.807) is 18.2 Å². The molecule has 0 radical (unpaired) electrons. The Bertz CT molecular complexity index is 1360. The van der Waals surface area contributed by atoms with Crippen LogP contribution in [-0.4, -0.2) is 74.0 Å². The number of amidine groups is 1. The van der Waals surface area contributed by atoms with Crippen molar-refractivity contribution in [3.63, 3.8) is 0 Å². The Labute approximate surface area is 305 Å². The number of benzene rings is 2. The van der Waals surface area contributed by atoms with Crippen molar-refractivity contribution in [1.29, 1.82) is 0 Å². The number of likely N-dealkylation sites (N-methyl/N-ethyl adjacent to an activating group) is 1. The van der Waals surface area contributed by atoms with Gasteiger partial charge in [0.1, 0.15) is 5.84 Å². The molecule has 1 atom stereocenters. The van der Waals surface area contributed by atoms with Crippen molar-refractivity contribution in [2.24, 2.45) is 4.99 Å². The summed E-state index contributed by atoms with van der Waals surface area (Å²) in [7, 11) is 2.10. The van der Waals surface area contributed by atoms with E-state index in [1.807, 2.05) is 24.3 Å². The van der Waals surface area contributed by atoms with Gasteiger partial charge in [-0.1, -0.05) is 127 Å². The summed E-state index contributed by atoms with van der Waals surface area (Å²) in [5.74, 6) is 0.773. The molecule has 50 heavy (non-hydrogen) atoms. The first-order chi connectivity index (χ1) is 24.4. The fourth-order valence-corrected chi connectivity index (χ4v) is 6.75. The van der Waals surface area contributed by atoms with E-state index in [2.05, 4.69) is 23.8 Å². The number of fused-ring (bicyclic) bond motifs is 2. The molecule has 1 saturated heterocycles. The fraction of sp³-hybridized carbons (Fsp3) is 0.625. The van der Waals surface area contributed by atoms with Gasteiger partial charge in [-0.3, -0.25) is 0 Å². The number of hydrogen-bond donors (Lipinski definition) is 0. The molecular formula is C40H59ClN4O5. The lowest BCUT2D eigenvalue weighted by molar-refractivity contribution is -0.0724. The summed E-state index contributed by atoms with van der Waals surface area (Å²) < 4.78 is 16.2. The molecular weight excluding hydrogens is 652 g/mol. The SMILES string of the molecule is CCCCCCCCCCCCCCCCCCOC(=O)OC(C)OC(=O)N1c2ccc(Cl)cc2N=C(N2CCN(C)CC2)c2ccccc21. The molecule has 0 N–H and O–H groups in total. The second kappa shape index (κ2) is 21.8. The number of amides is 1. The molecule has 1 amide bonds. The largest absolute Gasteiger partial charge is 0.511 e. The van der Waals surface area contributed by atoms with E-state index in [9.17, 15) is 9.59 Å². The monoisotopic (exact) mass is 710 g/mol. The third-order valence-electron chi connectivity index (χ3n) is 9.52. The molecule has 0 spiro atoms. The van der Waals surface area contributed by atoms with Gasteiger partial charge in [-0.2, -0.15) is 0 Å². The third kappa shape index (κ3) is 12.8. The van der Waals surface area contributed by atoms with Crippen molar-refractivity contribution in [3.05, 3.63) is 53.1 Å². The zero-order valence-corrected chi connectivity index (χ0v) is 31.4. The Morgan fingerprint density at radius 3 is 1.96 bits per heavy atom. The van der Waals surface area contributed by atoms with Crippen LogP contribution in [0.5, 0.6) is 0 Å². The number of para-hydroxylation sites is 1. The summed E-state index contributed by atoms with van der Waals surface area (Å²) in [6, 6.07) is 12.8. The van der Waals surface area contributed by atoms with Crippen LogP contribution in [0.15, 0.2) is 47.5 Å². The van der Waals surface area contributed by atoms with E-state index in [4.69, 9.17) is 30.8 Å². The van der Waals surface area contributed by atoms with Crippen molar-refractivity contribution in [2.75, 3.05) is 44.7 Å². The maximum Gasteiger partial charge on any atom is 0.511 e. The van der Waals surface area contributed by atoms with Gasteiger partial charge in [0.15, 0.2) is 0 Å². The number of piperazine rings is 1. The van der Waals surface area contributed by atoms with Crippen LogP contribution in [0.1, 0.15) is 122 Å². The van der Waals surface area contributed by atoms with E-state index in [0.717, 1.165) is 56.8 Å². The van der Waals surface area contributed by atoms with Crippen molar-refractivity contribution in [1.82, 2.24) is 9.80 Å². The molecule has 1 unspecified atom stereocenters. The molecule has 4 rings (SSSR count). The van der Waals surface area contributed by atoms with E-state index in [-0.39, 0.29) is 6.61 Å². The van der Waals surface area contributed by atoms with E-state index in [0.29, 0.717) is 22.1 Å². The molecule has 2 aromatic carbocycles. The number of carbonyl (C=O) groups is 2. The van der Waals surface area contributed by atoms with E-state index < -0.39 is 18.5 Å². The molecule has 2 heterocycles. The minimum atomic E-state index is -1.16. The zero-order chi connectivity index (χ0) is 35.6. The van der Waals surface area contributed by atoms with Crippen LogP contribution < -0.4 is 4.90 Å². The average Bonchev–Trinajstić information content (AvgIpc) is 3.24. The van der Waals surface area contributed by atoms with Gasteiger partial charge >= 0.3 is 12.2 Å². The van der Waals surface area contributed by atoms with Gasteiger partial charge in [-0.15, -0.1) is 0 Å². The maximum atomic E-state index is 13.8. The molecule has 2 aliphatic rings. The topological polar surface area (TPSA) is 83.9 Å². The van der Waals surface area contributed by atoms with Gasteiger partial charge in [-0.05, 0) is 43.8 Å². The number of rotatable bonds is 19. The van der Waals surface area contributed by atoms with Crippen LogP contribution >= 0.6 is 11.6 Å². The molecule has 2 aliphatic heterocycles. The summed E-state index contributed by atoms with van der Waals surface area (Å²) in [6.45, 7) is 7.46. The van der Waals surface area contributed by atoms with E-state index >= 15 is 0 Å². The van der Waals surface area contributed by atoms with Crippen molar-refractivity contribution in [3.8, 4) is 0 Å². The van der Waals surface area contributed by atoms with Crippen LogP contribution in [0.4, 0.5) is 26.7 Å². The van der Waals surface area contributed by atoms with Gasteiger partial charge in [0.25, 0.3) is 0 Å². The molecule has 10 heteroatoms. The summed E-state index contributed by atoms with van der Waals surface area (Å²) in [4.78, 5) is 37.2. The highest BCUT2D eigenvalue weighted by atomic mass is 35.5. The minimum Gasteiger partial charge on any atom is -0.434 e. The molecule has 0 aromatic heterocycles. The van der Waals surface area contributed by atoms with E-state index in [1.165, 1.54) is 95.3 Å². The fourth-order valence-electron chi connectivity index (χ4n) is 6.59. The summed E-state index contributed by atoms with van der Waals surface area (Å²) in [5.41, 5.74) is 2.49. The molecule has 9 nitrogen and oxygen atoms in total. The molecule has 0 aliphatic carbocycles. The Morgan fingerprint density at radius 2 is 1.34 bits per heavy atom. The molecule has 276 valence electrons. The Hall–Kier alpha value is -3.30. The number of anilines is 2. The lowest BCUT2D eigenvalue weighted by atomic mass is 10.0. The number of unbranched alkanes of at least 4 members (excludes halogenated alkanes) is 15. The number of nitrogens with zero attached hydrogens (tertiary/aromatic N) is 4. The highest BCUT2D eigenvalue weighted by Crippen LogP contribution is 2.42. The van der Waals surface area contributed by atoms with Crippen LogP contribution in [0.25, 0.3) is 0 Å². The third-order valence-corrected chi connectivity index (χ3v) is 9.76. The Balaban J connectivity index is 1.16. The van der Waals surface area contributed by atoms with Gasteiger partial charge < -0.3 is 24.0 Å². The maximum absolute atomic E-state index is 13.8. The zero-order valence-electron chi connectivity index (χ0n) is 30.7. The van der Waals surface area contributed by atoms with Crippen molar-refractivity contribution < 1.29 is 23.8 Å². The molecule has 0 bridgehead atoms. The lowest BCUT2D eigenvalue weighted by Crippen LogP contribution is -2.47. The van der Waals surface area contributed by atoms with Crippen molar-refractivity contribution in [2.45, 2.75) is 123 Å². The summed E-state index contributed by atoms with van der Waals surface area (Å²) >= 11 is 6.39. The van der Waals surface area contributed by atoms with Gasteiger partial charge in [-0.25, -0.2) is 19.5 Å². The van der Waals surface area contributed by atoms with Gasteiger partial charge in [0.2, 0.25) is 6.29 Å². The predicted molar refractivity (Wildman–Crippen MR) is 203 cm³/mol. The summed E-state index contributed by atoms with van der Waals surface area (Å²) in [5, 5.41) is 0.508. The van der Waals surface area contributed by atoms with Gasteiger partial charge in [0, 0.05) is 43.7 Å². The highest BCUT2D eigenvalue weighted by molar-refractivity contribution is 6.31. The number of hydrogen-bond acceptors (Lipinski definition) is 8. The average molecular weight is 711 g/mol. The van der Waals surface area contributed by atoms with Crippen LogP contribution in [0, 0.1) is 0 Å². The normalized spacial score (nSPS) is 15.1. The molecule has 2 aromatic rings. The van der Waals surface area contributed by atoms with Crippen LogP contribution in [0.2, 0.25) is 5.02 Å². The Kier molecular flexibility index (Phi) is 17.2. The second-order valence-corrected chi connectivity index (χ2v) is 14.1. The first-order valence-electron chi connectivity index (χ1n) is 19.1. The quantitative estimate of drug-likeness (QED) is 0.0815. The number of ether oxygens (including phenoxy) is 3. The standard InChI is InChI=1S/C40H59ClN4O5/c1-4-5-6-7-8-9-10-11-12-13-14-15-16-17-18-21-30-48-40(47)50-32(2)49-39(46)45-36-23-20-19-22-34(36)38(44-28-26-43(3)27-29-44)42-35-31-33(41)24-25-37(35)45/h19-20,22-25,31-32H,4-18,21,26-30H2,1-3H3. The van der Waals surface area contributed by atoms with Crippen LogP contribution in [-0.2, 0) is 14.2 Å². The first kappa shape index (κ1) is 39.5. The Morgan fingerprint density at radius 1 is 0.760 bits per heavy atom. The number of halogens is 1.